The summed E-state index contributed by atoms with van der Waals surface area (Å²) < 4.78 is 1.97. The zero-order valence-electron chi connectivity index (χ0n) is 23.0. The van der Waals surface area contributed by atoms with E-state index >= 15 is 0 Å². The Morgan fingerprint density at radius 1 is 0.762 bits per heavy atom. The number of benzene rings is 4. The Labute approximate surface area is 241 Å². The summed E-state index contributed by atoms with van der Waals surface area (Å²) in [6.07, 6.45) is 3.58. The van der Waals surface area contributed by atoms with Crippen LogP contribution in [0.15, 0.2) is 102 Å². The van der Waals surface area contributed by atoms with E-state index in [9.17, 15) is 4.79 Å². The maximum Gasteiger partial charge on any atom is 0.326 e. The highest BCUT2D eigenvalue weighted by Crippen LogP contribution is 2.32. The average molecular weight is 553 g/mol. The Morgan fingerprint density at radius 3 is 2.31 bits per heavy atom. The van der Waals surface area contributed by atoms with E-state index in [1.54, 1.807) is 11.2 Å². The fourth-order valence-electron chi connectivity index (χ4n) is 6.46. The number of imidazole rings is 2. The van der Waals surface area contributed by atoms with Crippen molar-refractivity contribution in [3.05, 3.63) is 113 Å². The molecule has 1 saturated heterocycles. The topological polar surface area (TPSA) is 96.7 Å². The summed E-state index contributed by atoms with van der Waals surface area (Å²) in [4.78, 5) is 34.7. The molecule has 42 heavy (non-hydrogen) atoms. The third-order valence-electron chi connectivity index (χ3n) is 8.61. The minimum atomic E-state index is 0.00205. The van der Waals surface area contributed by atoms with Crippen LogP contribution in [0.5, 0.6) is 0 Å². The number of hydrogen-bond donors (Lipinski definition) is 3. The molecule has 1 fully saturated rings. The molecule has 0 amide bonds. The summed E-state index contributed by atoms with van der Waals surface area (Å²) in [5, 5.41) is 0. The van der Waals surface area contributed by atoms with E-state index in [0.29, 0.717) is 0 Å². The second kappa shape index (κ2) is 10.1. The van der Waals surface area contributed by atoms with E-state index < -0.39 is 0 Å². The fraction of sp³-hybridized carbons (Fsp3) is 0.176. The lowest BCUT2D eigenvalue weighted by Gasteiger charge is -2.30. The molecule has 0 aliphatic carbocycles. The first-order valence-electron chi connectivity index (χ1n) is 14.5. The van der Waals surface area contributed by atoms with Gasteiger partial charge in [-0.05, 0) is 24.3 Å². The first-order chi connectivity index (χ1) is 20.7. The van der Waals surface area contributed by atoms with Crippen molar-refractivity contribution in [3.63, 3.8) is 0 Å². The highest BCUT2D eigenvalue weighted by molar-refractivity contribution is 5.94. The highest BCUT2D eigenvalue weighted by Gasteiger charge is 2.26. The summed E-state index contributed by atoms with van der Waals surface area (Å²) in [5.74, 6) is 0. The zero-order valence-corrected chi connectivity index (χ0v) is 23.0. The Morgan fingerprint density at radius 2 is 1.50 bits per heavy atom. The normalized spacial score (nSPS) is 17.3. The van der Waals surface area contributed by atoms with Crippen molar-refractivity contribution in [1.82, 2.24) is 29.5 Å². The number of fused-ring (bicyclic) bond motifs is 3. The van der Waals surface area contributed by atoms with E-state index in [2.05, 4.69) is 56.3 Å². The van der Waals surface area contributed by atoms with Gasteiger partial charge in [-0.2, -0.15) is 0 Å². The van der Waals surface area contributed by atoms with Gasteiger partial charge in [0.1, 0.15) is 12.9 Å². The van der Waals surface area contributed by atoms with Crippen molar-refractivity contribution in [1.29, 1.82) is 0 Å². The van der Waals surface area contributed by atoms with Crippen LogP contribution in [-0.2, 0) is 6.54 Å². The number of quaternary nitrogens is 1. The van der Waals surface area contributed by atoms with Crippen LogP contribution in [0.2, 0.25) is 0 Å². The van der Waals surface area contributed by atoms with E-state index in [1.807, 2.05) is 59.2 Å². The molecule has 7 aromatic rings. The summed E-state index contributed by atoms with van der Waals surface area (Å²) >= 11 is 0. The molecule has 1 aliphatic heterocycles. The van der Waals surface area contributed by atoms with Gasteiger partial charge in [0.25, 0.3) is 0 Å². The van der Waals surface area contributed by atoms with Crippen molar-refractivity contribution in [3.8, 4) is 22.5 Å². The number of likely N-dealkylation sites (tertiary alicyclic amines) is 1. The van der Waals surface area contributed by atoms with E-state index in [0.717, 1.165) is 88.1 Å². The predicted octanol–water partition coefficient (Wildman–Crippen LogP) is 4.90. The number of aromatic amines is 2. The Balaban J connectivity index is 1.04. The molecule has 4 aromatic carbocycles. The van der Waals surface area contributed by atoms with Gasteiger partial charge in [-0.1, -0.05) is 66.7 Å². The van der Waals surface area contributed by atoms with Gasteiger partial charge >= 0.3 is 5.69 Å². The molecular formula is C34H30N7O+. The van der Waals surface area contributed by atoms with Crippen LogP contribution in [0, 0.1) is 0 Å². The summed E-state index contributed by atoms with van der Waals surface area (Å²) in [6.45, 7) is 3.05. The number of para-hydroxylation sites is 2. The number of rotatable bonds is 5. The highest BCUT2D eigenvalue weighted by atomic mass is 16.1. The van der Waals surface area contributed by atoms with Crippen LogP contribution < -0.4 is 10.6 Å². The SMILES string of the molecule is O=c1[nH]c2ccccc2n1C1CC[NH+](Cc2ccc(-c3[nH]c4cc5ncnc5cc4nc3-c3ccccc3)cc2)CC1. The van der Waals surface area contributed by atoms with Gasteiger partial charge in [0.05, 0.1) is 57.6 Å². The maximum absolute atomic E-state index is 12.7. The molecule has 3 N–H and O–H groups in total. The number of aromatic nitrogens is 6. The lowest BCUT2D eigenvalue weighted by Crippen LogP contribution is -3.11. The van der Waals surface area contributed by atoms with Gasteiger partial charge in [0.15, 0.2) is 0 Å². The van der Waals surface area contributed by atoms with Crippen LogP contribution in [0.25, 0.3) is 55.6 Å². The standard InChI is InChI=1S/C34H29N7O/c42-34-39-26-8-4-5-9-31(26)41(34)25-14-16-40(17-15-25)20-22-10-12-24(13-11-22)33-32(23-6-2-1-3-7-23)37-29-18-27-28(36-21-35-27)19-30(29)38-33/h1-13,18-19,21,25,38H,14-17,20H2,(H,39,42)/p+1. The number of nitrogens with one attached hydrogen (secondary N) is 3. The van der Waals surface area contributed by atoms with Gasteiger partial charge in [0, 0.05) is 35.6 Å². The molecule has 0 bridgehead atoms. The minimum Gasteiger partial charge on any atom is -0.351 e. The van der Waals surface area contributed by atoms with Gasteiger partial charge in [-0.15, -0.1) is 0 Å². The molecule has 0 saturated carbocycles. The van der Waals surface area contributed by atoms with Crippen molar-refractivity contribution < 1.29 is 4.90 Å². The number of piperidine rings is 1. The molecule has 0 radical (unpaired) electrons. The first-order valence-corrected chi connectivity index (χ1v) is 14.5. The van der Waals surface area contributed by atoms with Crippen LogP contribution >= 0.6 is 0 Å². The number of hydrogen-bond acceptors (Lipinski definition) is 4. The first kappa shape index (κ1) is 24.7. The molecule has 4 heterocycles. The lowest BCUT2D eigenvalue weighted by molar-refractivity contribution is -0.919. The van der Waals surface area contributed by atoms with Gasteiger partial charge in [-0.25, -0.2) is 19.7 Å². The van der Waals surface area contributed by atoms with E-state index in [4.69, 9.17) is 4.98 Å². The average Bonchev–Trinajstić information content (AvgIpc) is 3.63. The smallest absolute Gasteiger partial charge is 0.326 e. The van der Waals surface area contributed by atoms with Crippen molar-refractivity contribution >= 4 is 33.1 Å². The third kappa shape index (κ3) is 4.37. The summed E-state index contributed by atoms with van der Waals surface area (Å²) in [6, 6.07) is 31.4. The Kier molecular flexibility index (Phi) is 5.93. The second-order valence-corrected chi connectivity index (χ2v) is 11.2. The van der Waals surface area contributed by atoms with Crippen molar-refractivity contribution in [2.45, 2.75) is 25.4 Å². The molecule has 0 spiro atoms. The largest absolute Gasteiger partial charge is 0.351 e. The van der Waals surface area contributed by atoms with Crippen LogP contribution in [-0.4, -0.2) is 42.6 Å². The molecule has 1 aliphatic rings. The van der Waals surface area contributed by atoms with Crippen molar-refractivity contribution in [2.75, 3.05) is 13.1 Å². The molecule has 0 unspecified atom stereocenters. The molecule has 0 atom stereocenters. The van der Waals surface area contributed by atoms with Crippen LogP contribution in [0.3, 0.4) is 0 Å². The number of H-pyrrole nitrogens is 2. The minimum absolute atomic E-state index is 0.00205. The van der Waals surface area contributed by atoms with E-state index in [-0.39, 0.29) is 11.7 Å². The molecule has 3 aromatic heterocycles. The third-order valence-corrected chi connectivity index (χ3v) is 8.61. The van der Waals surface area contributed by atoms with Gasteiger partial charge in [0.2, 0.25) is 0 Å². The summed E-state index contributed by atoms with van der Waals surface area (Å²) in [5.41, 5.74) is 10.8. The van der Waals surface area contributed by atoms with Crippen molar-refractivity contribution in [2.24, 2.45) is 0 Å². The zero-order chi connectivity index (χ0) is 28.0. The maximum atomic E-state index is 12.7. The lowest BCUT2D eigenvalue weighted by atomic mass is 10.0. The Bertz CT molecular complexity index is 2100. The molecular weight excluding hydrogens is 522 g/mol. The summed E-state index contributed by atoms with van der Waals surface area (Å²) in [7, 11) is 0. The molecule has 8 nitrogen and oxygen atoms in total. The molecule has 206 valence electrons. The van der Waals surface area contributed by atoms with Crippen LogP contribution in [0.4, 0.5) is 0 Å². The second-order valence-electron chi connectivity index (χ2n) is 11.2. The predicted molar refractivity (Wildman–Crippen MR) is 165 cm³/mol. The fourth-order valence-corrected chi connectivity index (χ4v) is 6.46. The molecule has 8 heteroatoms. The monoisotopic (exact) mass is 552 g/mol. The number of nitrogens with zero attached hydrogens (tertiary/aromatic N) is 4. The van der Waals surface area contributed by atoms with E-state index in [1.165, 1.54) is 5.56 Å². The van der Waals surface area contributed by atoms with Gasteiger partial charge < -0.3 is 14.9 Å². The van der Waals surface area contributed by atoms with Crippen LogP contribution in [0.1, 0.15) is 24.4 Å². The Hall–Kier alpha value is -5.08. The molecule has 8 rings (SSSR count). The van der Waals surface area contributed by atoms with Gasteiger partial charge in [-0.3, -0.25) is 4.57 Å². The quantitative estimate of drug-likeness (QED) is 0.283.